The van der Waals surface area contributed by atoms with Crippen LogP contribution < -0.4 is 0 Å². The summed E-state index contributed by atoms with van der Waals surface area (Å²) in [6, 6.07) is 9.88. The number of hydrogen-bond acceptors (Lipinski definition) is 5. The Morgan fingerprint density at radius 2 is 2.08 bits per heavy atom. The number of carbonyl (C=O) groups excluding carboxylic acids is 1. The van der Waals surface area contributed by atoms with Crippen LogP contribution in [-0.4, -0.2) is 62.6 Å². The van der Waals surface area contributed by atoms with Gasteiger partial charge in [0.25, 0.3) is 0 Å². The van der Waals surface area contributed by atoms with Crippen LogP contribution in [0, 0.1) is 13.8 Å². The van der Waals surface area contributed by atoms with E-state index in [1.54, 1.807) is 16.5 Å². The second-order valence-electron chi connectivity index (χ2n) is 6.53. The van der Waals surface area contributed by atoms with Crippen molar-refractivity contribution in [2.75, 3.05) is 26.3 Å². The highest BCUT2D eigenvalue weighted by Crippen LogP contribution is 2.23. The molecule has 0 saturated carbocycles. The quantitative estimate of drug-likeness (QED) is 0.865. The van der Waals surface area contributed by atoms with Crippen LogP contribution in [0.4, 0.5) is 0 Å². The number of amides is 1. The van der Waals surface area contributed by atoms with Crippen molar-refractivity contribution in [2.24, 2.45) is 0 Å². The molecule has 0 bridgehead atoms. The lowest BCUT2D eigenvalue weighted by Crippen LogP contribution is -2.57. The monoisotopic (exact) mass is 344 g/mol. The molecule has 25 heavy (non-hydrogen) atoms. The fraction of sp³-hybridized carbons (Fsp3) is 0.500. The van der Waals surface area contributed by atoms with E-state index in [9.17, 15) is 9.90 Å². The molecule has 0 aliphatic carbocycles. The zero-order valence-electron chi connectivity index (χ0n) is 14.7. The van der Waals surface area contributed by atoms with Gasteiger partial charge in [0.1, 0.15) is 23.8 Å². The molecule has 3 rings (SSSR count). The SMILES string of the molecule is Cc1nc(C)n(CC(=O)N2CCO[C@](CO)(Cc3ccccc3)C2)n1. The summed E-state index contributed by atoms with van der Waals surface area (Å²) >= 11 is 0. The van der Waals surface area contributed by atoms with Gasteiger partial charge in [0.05, 0.1) is 19.8 Å². The van der Waals surface area contributed by atoms with Gasteiger partial charge in [-0.25, -0.2) is 9.67 Å². The molecule has 1 aliphatic rings. The summed E-state index contributed by atoms with van der Waals surface area (Å²) in [5.41, 5.74) is 0.316. The van der Waals surface area contributed by atoms with Crippen molar-refractivity contribution in [1.29, 1.82) is 0 Å². The van der Waals surface area contributed by atoms with Gasteiger partial charge in [-0.1, -0.05) is 30.3 Å². The zero-order valence-corrected chi connectivity index (χ0v) is 14.7. The van der Waals surface area contributed by atoms with Crippen molar-refractivity contribution < 1.29 is 14.6 Å². The molecular weight excluding hydrogens is 320 g/mol. The minimum atomic E-state index is -0.761. The van der Waals surface area contributed by atoms with E-state index in [1.165, 1.54) is 0 Å². The first-order chi connectivity index (χ1) is 12.0. The van der Waals surface area contributed by atoms with Crippen LogP contribution in [0.3, 0.4) is 0 Å². The molecule has 1 atom stereocenters. The fourth-order valence-electron chi connectivity index (χ4n) is 3.22. The highest BCUT2D eigenvalue weighted by molar-refractivity contribution is 5.76. The molecule has 2 heterocycles. The summed E-state index contributed by atoms with van der Waals surface area (Å²) in [6.45, 7) is 4.95. The molecule has 0 spiro atoms. The Bertz CT molecular complexity index is 731. The summed E-state index contributed by atoms with van der Waals surface area (Å²) in [5.74, 6) is 1.33. The molecule has 1 N–H and O–H groups in total. The van der Waals surface area contributed by atoms with Crippen molar-refractivity contribution in [3.05, 3.63) is 47.5 Å². The van der Waals surface area contributed by atoms with Crippen LogP contribution in [0.25, 0.3) is 0 Å². The standard InChI is InChI=1S/C18H24N4O3/c1-14-19-15(2)22(20-14)11-17(24)21-8-9-25-18(12-21,13-23)10-16-6-4-3-5-7-16/h3-7,23H,8-13H2,1-2H3/t18-/m1/s1. The smallest absolute Gasteiger partial charge is 0.244 e. The van der Waals surface area contributed by atoms with Crippen molar-refractivity contribution in [1.82, 2.24) is 19.7 Å². The minimum Gasteiger partial charge on any atom is -0.393 e. The lowest BCUT2D eigenvalue weighted by molar-refractivity contribution is -0.158. The summed E-state index contributed by atoms with van der Waals surface area (Å²) < 4.78 is 7.51. The van der Waals surface area contributed by atoms with Crippen molar-refractivity contribution >= 4 is 5.91 Å². The Morgan fingerprint density at radius 1 is 1.32 bits per heavy atom. The maximum atomic E-state index is 12.7. The Balaban J connectivity index is 1.70. The minimum absolute atomic E-state index is 0.0396. The maximum absolute atomic E-state index is 12.7. The largest absolute Gasteiger partial charge is 0.393 e. The summed E-state index contributed by atoms with van der Waals surface area (Å²) in [5, 5.41) is 14.2. The van der Waals surface area contributed by atoms with Crippen LogP contribution in [0.2, 0.25) is 0 Å². The number of aromatic nitrogens is 3. The van der Waals surface area contributed by atoms with Gasteiger partial charge >= 0.3 is 0 Å². The van der Waals surface area contributed by atoms with Crippen LogP contribution in [0.15, 0.2) is 30.3 Å². The predicted octanol–water partition coefficient (Wildman–Crippen LogP) is 0.728. The van der Waals surface area contributed by atoms with Crippen molar-refractivity contribution in [2.45, 2.75) is 32.4 Å². The molecule has 7 heteroatoms. The van der Waals surface area contributed by atoms with Crippen LogP contribution in [0.1, 0.15) is 17.2 Å². The zero-order chi connectivity index (χ0) is 17.9. The van der Waals surface area contributed by atoms with Gasteiger partial charge in [0.15, 0.2) is 0 Å². The Hall–Kier alpha value is -2.25. The van der Waals surface area contributed by atoms with Crippen molar-refractivity contribution in [3.8, 4) is 0 Å². The molecule has 134 valence electrons. The number of aryl methyl sites for hydroxylation is 2. The second kappa shape index (κ2) is 7.33. The topological polar surface area (TPSA) is 80.5 Å². The molecular formula is C18H24N4O3. The predicted molar refractivity (Wildman–Crippen MR) is 92.0 cm³/mol. The van der Waals surface area contributed by atoms with Gasteiger partial charge in [-0.15, -0.1) is 0 Å². The third-order valence-corrected chi connectivity index (χ3v) is 4.51. The molecule has 0 radical (unpaired) electrons. The summed E-state index contributed by atoms with van der Waals surface area (Å²) in [4.78, 5) is 18.7. The van der Waals surface area contributed by atoms with E-state index in [0.717, 1.165) is 11.4 Å². The molecule has 1 aromatic carbocycles. The average molecular weight is 344 g/mol. The van der Waals surface area contributed by atoms with Gasteiger partial charge in [0.2, 0.25) is 5.91 Å². The average Bonchev–Trinajstić information content (AvgIpc) is 2.93. The number of ether oxygens (including phenoxy) is 1. The normalized spacial score (nSPS) is 20.7. The van der Waals surface area contributed by atoms with E-state index >= 15 is 0 Å². The number of nitrogens with zero attached hydrogens (tertiary/aromatic N) is 4. The Kier molecular flexibility index (Phi) is 5.15. The molecule has 7 nitrogen and oxygen atoms in total. The number of morpholine rings is 1. The van der Waals surface area contributed by atoms with Gasteiger partial charge in [0, 0.05) is 13.0 Å². The van der Waals surface area contributed by atoms with Gasteiger partial charge < -0.3 is 14.7 Å². The van der Waals surface area contributed by atoms with Crippen LogP contribution in [-0.2, 0) is 22.5 Å². The third kappa shape index (κ3) is 4.05. The number of rotatable bonds is 5. The van der Waals surface area contributed by atoms with E-state index in [2.05, 4.69) is 10.1 Å². The van der Waals surface area contributed by atoms with E-state index in [0.29, 0.717) is 31.9 Å². The van der Waals surface area contributed by atoms with E-state index < -0.39 is 5.60 Å². The van der Waals surface area contributed by atoms with Crippen molar-refractivity contribution in [3.63, 3.8) is 0 Å². The molecule has 2 aromatic rings. The van der Waals surface area contributed by atoms with E-state index in [-0.39, 0.29) is 19.1 Å². The summed E-state index contributed by atoms with van der Waals surface area (Å²) in [6.07, 6.45) is 0.565. The molecule has 1 saturated heterocycles. The molecule has 1 aliphatic heterocycles. The first-order valence-electron chi connectivity index (χ1n) is 8.46. The van der Waals surface area contributed by atoms with Crippen LogP contribution >= 0.6 is 0 Å². The van der Waals surface area contributed by atoms with E-state index in [1.807, 2.05) is 37.3 Å². The fourth-order valence-corrected chi connectivity index (χ4v) is 3.22. The van der Waals surface area contributed by atoms with Gasteiger partial charge in [-0.3, -0.25) is 4.79 Å². The highest BCUT2D eigenvalue weighted by Gasteiger charge is 2.38. The molecule has 1 amide bonds. The number of aliphatic hydroxyl groups excluding tert-OH is 1. The Morgan fingerprint density at radius 3 is 2.72 bits per heavy atom. The number of hydrogen-bond donors (Lipinski definition) is 1. The van der Waals surface area contributed by atoms with Gasteiger partial charge in [-0.2, -0.15) is 5.10 Å². The second-order valence-corrected chi connectivity index (χ2v) is 6.53. The van der Waals surface area contributed by atoms with Gasteiger partial charge in [-0.05, 0) is 19.4 Å². The Labute approximate surface area is 147 Å². The van der Waals surface area contributed by atoms with Crippen LogP contribution in [0.5, 0.6) is 0 Å². The number of carbonyl (C=O) groups is 1. The van der Waals surface area contributed by atoms with E-state index in [4.69, 9.17) is 4.74 Å². The molecule has 1 aromatic heterocycles. The number of benzene rings is 1. The highest BCUT2D eigenvalue weighted by atomic mass is 16.5. The summed E-state index contributed by atoms with van der Waals surface area (Å²) in [7, 11) is 0. The molecule has 0 unspecified atom stereocenters. The third-order valence-electron chi connectivity index (χ3n) is 4.51. The first-order valence-corrected chi connectivity index (χ1v) is 8.46. The molecule has 1 fully saturated rings. The lowest BCUT2D eigenvalue weighted by atomic mass is 9.93. The first kappa shape index (κ1) is 17.6. The number of aliphatic hydroxyl groups is 1. The maximum Gasteiger partial charge on any atom is 0.244 e. The lowest BCUT2D eigenvalue weighted by Gasteiger charge is -2.42.